The number of phenolic OH excluding ortho intramolecular Hbond substituents is 3. The number of phenols is 3. The van der Waals surface area contributed by atoms with Crippen molar-refractivity contribution in [3.63, 3.8) is 0 Å². The fraction of sp³-hybridized carbons (Fsp3) is 0.600. The summed E-state index contributed by atoms with van der Waals surface area (Å²) in [4.78, 5) is 2.28. The van der Waals surface area contributed by atoms with Crippen molar-refractivity contribution in [3.05, 3.63) is 17.7 Å². The molecule has 1 aromatic carbocycles. The van der Waals surface area contributed by atoms with Crippen LogP contribution in [0.1, 0.15) is 31.2 Å². The maximum absolute atomic E-state index is 9.78. The van der Waals surface area contributed by atoms with Crippen molar-refractivity contribution in [2.45, 2.75) is 37.8 Å². The first-order chi connectivity index (χ1) is 9.46. The molecule has 112 valence electrons. The maximum Gasteiger partial charge on any atom is 0.200 e. The summed E-state index contributed by atoms with van der Waals surface area (Å²) in [5.41, 5.74) is 0.779. The largest absolute Gasteiger partial charge is 0.504 e. The first-order valence-electron chi connectivity index (χ1n) is 7.07. The molecule has 1 saturated carbocycles. The minimum absolute atomic E-state index is 0.189. The quantitative estimate of drug-likeness (QED) is 0.618. The second-order valence-electron chi connectivity index (χ2n) is 5.87. The predicted octanol–water partition coefficient (Wildman–Crippen LogP) is 1.77. The highest BCUT2D eigenvalue weighted by atomic mass is 16.3. The number of aromatic hydroxyl groups is 3. The molecule has 0 heterocycles. The van der Waals surface area contributed by atoms with Crippen LogP contribution < -0.4 is 5.32 Å². The van der Waals surface area contributed by atoms with Crippen molar-refractivity contribution in [1.82, 2.24) is 10.2 Å². The van der Waals surface area contributed by atoms with E-state index >= 15 is 0 Å². The lowest BCUT2D eigenvalue weighted by atomic mass is 9.96. The fourth-order valence-electron chi connectivity index (χ4n) is 3.00. The normalized spacial score (nSPS) is 17.8. The van der Waals surface area contributed by atoms with Crippen LogP contribution in [-0.4, -0.2) is 46.4 Å². The Hall–Kier alpha value is -1.46. The number of rotatable bonds is 5. The van der Waals surface area contributed by atoms with Crippen LogP contribution in [0.25, 0.3) is 0 Å². The molecule has 0 saturated heterocycles. The van der Waals surface area contributed by atoms with Gasteiger partial charge in [0.2, 0.25) is 5.75 Å². The Kier molecular flexibility index (Phi) is 4.40. The molecule has 2 rings (SSSR count). The Labute approximate surface area is 119 Å². The monoisotopic (exact) mass is 280 g/mol. The first kappa shape index (κ1) is 14.9. The van der Waals surface area contributed by atoms with E-state index in [0.29, 0.717) is 12.1 Å². The molecule has 20 heavy (non-hydrogen) atoms. The van der Waals surface area contributed by atoms with E-state index in [4.69, 9.17) is 0 Å². The highest BCUT2D eigenvalue weighted by Crippen LogP contribution is 2.37. The second kappa shape index (κ2) is 5.89. The van der Waals surface area contributed by atoms with Gasteiger partial charge in [-0.3, -0.25) is 0 Å². The molecule has 1 aliphatic carbocycles. The van der Waals surface area contributed by atoms with E-state index < -0.39 is 5.75 Å². The lowest BCUT2D eigenvalue weighted by Crippen LogP contribution is -2.49. The van der Waals surface area contributed by atoms with Gasteiger partial charge >= 0.3 is 0 Å². The zero-order valence-corrected chi connectivity index (χ0v) is 12.2. The number of hydrogen-bond donors (Lipinski definition) is 4. The van der Waals surface area contributed by atoms with Gasteiger partial charge in [0.1, 0.15) is 0 Å². The minimum atomic E-state index is -0.451. The van der Waals surface area contributed by atoms with Crippen molar-refractivity contribution in [2.24, 2.45) is 0 Å². The van der Waals surface area contributed by atoms with Gasteiger partial charge in [-0.15, -0.1) is 0 Å². The Balaban J connectivity index is 1.98. The molecule has 0 spiro atoms. The molecule has 5 heteroatoms. The zero-order valence-electron chi connectivity index (χ0n) is 12.2. The molecule has 0 bridgehead atoms. The number of hydrogen-bond acceptors (Lipinski definition) is 5. The Bertz CT molecular complexity index is 468. The van der Waals surface area contributed by atoms with Gasteiger partial charge < -0.3 is 25.5 Å². The van der Waals surface area contributed by atoms with Crippen LogP contribution in [0.5, 0.6) is 17.2 Å². The smallest absolute Gasteiger partial charge is 0.200 e. The van der Waals surface area contributed by atoms with Crippen LogP contribution in [0, 0.1) is 0 Å². The van der Waals surface area contributed by atoms with Gasteiger partial charge in [0.25, 0.3) is 0 Å². The Morgan fingerprint density at radius 3 is 2.35 bits per heavy atom. The topological polar surface area (TPSA) is 76.0 Å². The van der Waals surface area contributed by atoms with Gasteiger partial charge in [-0.1, -0.05) is 18.9 Å². The lowest BCUT2D eigenvalue weighted by Gasteiger charge is -2.36. The van der Waals surface area contributed by atoms with E-state index in [1.165, 1.54) is 31.7 Å². The van der Waals surface area contributed by atoms with Crippen LogP contribution in [0.4, 0.5) is 0 Å². The Morgan fingerprint density at radius 1 is 1.10 bits per heavy atom. The van der Waals surface area contributed by atoms with Gasteiger partial charge in [-0.2, -0.15) is 0 Å². The molecule has 0 aliphatic heterocycles. The average Bonchev–Trinajstić information content (AvgIpc) is 2.89. The van der Waals surface area contributed by atoms with E-state index in [1.807, 2.05) is 0 Å². The summed E-state index contributed by atoms with van der Waals surface area (Å²) in [5.74, 6) is -0.998. The number of benzene rings is 1. The molecule has 0 radical (unpaired) electrons. The third-order valence-electron chi connectivity index (χ3n) is 4.47. The van der Waals surface area contributed by atoms with Crippen molar-refractivity contribution in [2.75, 3.05) is 20.6 Å². The summed E-state index contributed by atoms with van der Waals surface area (Å²) in [7, 11) is 4.22. The summed E-state index contributed by atoms with van der Waals surface area (Å²) >= 11 is 0. The van der Waals surface area contributed by atoms with Crippen molar-refractivity contribution in [3.8, 4) is 17.2 Å². The molecule has 0 unspecified atom stereocenters. The fourth-order valence-corrected chi connectivity index (χ4v) is 3.00. The summed E-state index contributed by atoms with van der Waals surface area (Å²) in [6.45, 7) is 1.32. The summed E-state index contributed by atoms with van der Waals surface area (Å²) in [5, 5.41) is 31.9. The lowest BCUT2D eigenvalue weighted by molar-refractivity contribution is 0.153. The van der Waals surface area contributed by atoms with Crippen molar-refractivity contribution in [1.29, 1.82) is 0 Å². The van der Waals surface area contributed by atoms with Crippen LogP contribution in [-0.2, 0) is 6.54 Å². The third kappa shape index (κ3) is 2.83. The van der Waals surface area contributed by atoms with Gasteiger partial charge in [0, 0.05) is 24.2 Å². The molecule has 1 aromatic rings. The maximum atomic E-state index is 9.78. The van der Waals surface area contributed by atoms with E-state index in [9.17, 15) is 15.3 Å². The molecule has 4 N–H and O–H groups in total. The van der Waals surface area contributed by atoms with Crippen LogP contribution >= 0.6 is 0 Å². The SMILES string of the molecule is CN(C)C1(CNCc2ccc(O)c(O)c2O)CCCC1. The number of nitrogens with zero attached hydrogens (tertiary/aromatic N) is 1. The summed E-state index contributed by atoms with van der Waals surface area (Å²) in [6, 6.07) is 3.01. The molecule has 0 atom stereocenters. The van der Waals surface area contributed by atoms with Gasteiger partial charge in [0.05, 0.1) is 0 Å². The first-order valence-corrected chi connectivity index (χ1v) is 7.07. The van der Waals surface area contributed by atoms with Crippen molar-refractivity contribution >= 4 is 0 Å². The molecule has 0 aromatic heterocycles. The average molecular weight is 280 g/mol. The van der Waals surface area contributed by atoms with Crippen LogP contribution in [0.15, 0.2) is 12.1 Å². The molecule has 1 aliphatic rings. The third-order valence-corrected chi connectivity index (χ3v) is 4.47. The zero-order chi connectivity index (χ0) is 14.8. The van der Waals surface area contributed by atoms with Gasteiger partial charge in [0.15, 0.2) is 11.5 Å². The van der Waals surface area contributed by atoms with E-state index in [2.05, 4.69) is 24.3 Å². The molecular weight excluding hydrogens is 256 g/mol. The molecular formula is C15H24N2O3. The minimum Gasteiger partial charge on any atom is -0.504 e. The van der Waals surface area contributed by atoms with Gasteiger partial charge in [-0.25, -0.2) is 0 Å². The van der Waals surface area contributed by atoms with Crippen LogP contribution in [0.2, 0.25) is 0 Å². The Morgan fingerprint density at radius 2 is 1.75 bits per heavy atom. The summed E-state index contributed by atoms with van der Waals surface area (Å²) < 4.78 is 0. The highest BCUT2D eigenvalue weighted by Gasteiger charge is 2.35. The highest BCUT2D eigenvalue weighted by molar-refractivity contribution is 5.52. The second-order valence-corrected chi connectivity index (χ2v) is 5.87. The predicted molar refractivity (Wildman–Crippen MR) is 78.0 cm³/mol. The standard InChI is InChI=1S/C15H24N2O3/c1-17(2)15(7-3-4-8-15)10-16-9-11-5-6-12(18)14(20)13(11)19/h5-6,16,18-20H,3-4,7-10H2,1-2H3. The number of likely N-dealkylation sites (N-methyl/N-ethyl adjacent to an activating group) is 1. The van der Waals surface area contributed by atoms with Gasteiger partial charge in [-0.05, 0) is 33.0 Å². The van der Waals surface area contributed by atoms with E-state index in [1.54, 1.807) is 6.07 Å². The number of nitrogens with one attached hydrogen (secondary N) is 1. The molecule has 5 nitrogen and oxygen atoms in total. The molecule has 0 amide bonds. The van der Waals surface area contributed by atoms with Crippen LogP contribution in [0.3, 0.4) is 0 Å². The van der Waals surface area contributed by atoms with E-state index in [-0.39, 0.29) is 17.0 Å². The molecule has 1 fully saturated rings. The van der Waals surface area contributed by atoms with E-state index in [0.717, 1.165) is 6.54 Å². The van der Waals surface area contributed by atoms with Crippen molar-refractivity contribution < 1.29 is 15.3 Å². The summed E-state index contributed by atoms with van der Waals surface area (Å²) in [6.07, 6.45) is 4.87.